The van der Waals surface area contributed by atoms with Gasteiger partial charge in [0.05, 0.1) is 10.6 Å². The Morgan fingerprint density at radius 1 is 0.912 bits per heavy atom. The van der Waals surface area contributed by atoms with E-state index in [1.807, 2.05) is 30.3 Å². The molecule has 0 spiro atoms. The molecule has 184 valence electrons. The van der Waals surface area contributed by atoms with Crippen LogP contribution in [0.15, 0.2) is 65.6 Å². The Labute approximate surface area is 199 Å². The number of carboxylic acids is 1. The molecule has 0 fully saturated rings. The van der Waals surface area contributed by atoms with E-state index in [0.29, 0.717) is 25.8 Å². The van der Waals surface area contributed by atoms with E-state index in [4.69, 9.17) is 4.74 Å². The quantitative estimate of drug-likeness (QED) is 0.346. The lowest BCUT2D eigenvalue weighted by atomic mass is 10.1. The number of alkyl carbamates (subject to hydrolysis) is 1. The van der Waals surface area contributed by atoms with E-state index in [1.54, 1.807) is 18.2 Å². The highest BCUT2D eigenvalue weighted by Crippen LogP contribution is 2.12. The Morgan fingerprint density at radius 2 is 1.56 bits per heavy atom. The van der Waals surface area contributed by atoms with E-state index >= 15 is 0 Å². The van der Waals surface area contributed by atoms with Gasteiger partial charge in [-0.15, -0.1) is 0 Å². The topological polar surface area (TPSA) is 139 Å². The molecule has 1 atom stereocenters. The minimum Gasteiger partial charge on any atom is -0.480 e. The second-order valence-electron chi connectivity index (χ2n) is 7.68. The van der Waals surface area contributed by atoms with Gasteiger partial charge in [-0.05, 0) is 37.0 Å². The van der Waals surface area contributed by atoms with Crippen LogP contribution in [-0.4, -0.2) is 49.8 Å². The van der Waals surface area contributed by atoms with Gasteiger partial charge in [0, 0.05) is 13.0 Å². The molecule has 0 unspecified atom stereocenters. The van der Waals surface area contributed by atoms with Crippen LogP contribution in [0.3, 0.4) is 0 Å². The van der Waals surface area contributed by atoms with E-state index in [1.165, 1.54) is 12.1 Å². The maximum absolute atomic E-state index is 12.3. The molecule has 0 aliphatic carbocycles. The molecule has 34 heavy (non-hydrogen) atoms. The van der Waals surface area contributed by atoms with Crippen molar-refractivity contribution >= 4 is 27.8 Å². The highest BCUT2D eigenvalue weighted by atomic mass is 32.2. The first-order valence-corrected chi connectivity index (χ1v) is 12.7. The van der Waals surface area contributed by atoms with E-state index in [2.05, 4.69) is 10.6 Å². The summed E-state index contributed by atoms with van der Waals surface area (Å²) in [7, 11) is -3.64. The van der Waals surface area contributed by atoms with Crippen molar-refractivity contribution in [2.24, 2.45) is 0 Å². The van der Waals surface area contributed by atoms with E-state index in [-0.39, 0.29) is 30.1 Å². The molecule has 2 rings (SSSR count). The maximum Gasteiger partial charge on any atom is 0.407 e. The Kier molecular flexibility index (Phi) is 11.0. The van der Waals surface area contributed by atoms with Gasteiger partial charge in [0.1, 0.15) is 12.6 Å². The SMILES string of the molecule is O=C(CCCCCNC(=O)OCc1ccccc1)N[C@@H](CCS(=O)(=O)c1ccccc1)C(=O)O. The standard InChI is InChI=1S/C24H30N2O7S/c27-22(14-8-3-9-16-25-24(30)33-18-19-10-4-1-5-11-19)26-21(23(28)29)15-17-34(31,32)20-12-6-2-7-13-20/h1-2,4-7,10-13,21H,3,8-9,14-18H2,(H,25,30)(H,26,27)(H,28,29)/t21-/m0/s1. The predicted octanol–water partition coefficient (Wildman–Crippen LogP) is 2.91. The summed E-state index contributed by atoms with van der Waals surface area (Å²) in [6, 6.07) is 15.8. The number of rotatable bonds is 14. The van der Waals surface area contributed by atoms with Crippen molar-refractivity contribution in [1.82, 2.24) is 10.6 Å². The molecule has 2 aromatic carbocycles. The number of carbonyl (C=O) groups is 3. The summed E-state index contributed by atoms with van der Waals surface area (Å²) in [6.07, 6.45) is 1.14. The molecule has 10 heteroatoms. The van der Waals surface area contributed by atoms with Crippen LogP contribution in [0.25, 0.3) is 0 Å². The second kappa shape index (κ2) is 14.0. The van der Waals surface area contributed by atoms with Crippen molar-refractivity contribution < 1.29 is 32.6 Å². The number of sulfone groups is 1. The summed E-state index contributed by atoms with van der Waals surface area (Å²) < 4.78 is 29.8. The number of unbranched alkanes of at least 4 members (excludes halogenated alkanes) is 2. The molecule has 3 N–H and O–H groups in total. The van der Waals surface area contributed by atoms with Crippen molar-refractivity contribution in [3.63, 3.8) is 0 Å². The van der Waals surface area contributed by atoms with Crippen LogP contribution in [0.5, 0.6) is 0 Å². The number of carbonyl (C=O) groups excluding carboxylic acids is 2. The minimum absolute atomic E-state index is 0.105. The predicted molar refractivity (Wildman–Crippen MR) is 126 cm³/mol. The fraction of sp³-hybridized carbons (Fsp3) is 0.375. The number of nitrogens with one attached hydrogen (secondary N) is 2. The number of benzene rings is 2. The lowest BCUT2D eigenvalue weighted by Gasteiger charge is -2.15. The molecule has 2 amide bonds. The van der Waals surface area contributed by atoms with Crippen molar-refractivity contribution in [2.75, 3.05) is 12.3 Å². The average Bonchev–Trinajstić information content (AvgIpc) is 2.83. The van der Waals surface area contributed by atoms with Gasteiger partial charge in [0.2, 0.25) is 5.91 Å². The van der Waals surface area contributed by atoms with E-state index in [9.17, 15) is 27.9 Å². The van der Waals surface area contributed by atoms with Crippen molar-refractivity contribution in [1.29, 1.82) is 0 Å². The average molecular weight is 491 g/mol. The van der Waals surface area contributed by atoms with Crippen LogP contribution in [0.4, 0.5) is 4.79 Å². The summed E-state index contributed by atoms with van der Waals surface area (Å²) >= 11 is 0. The van der Waals surface area contributed by atoms with Crippen molar-refractivity contribution in [3.8, 4) is 0 Å². The Hall–Kier alpha value is -3.40. The Bertz CT molecular complexity index is 1030. The molecule has 0 bridgehead atoms. The van der Waals surface area contributed by atoms with Crippen LogP contribution in [0.1, 0.15) is 37.7 Å². The minimum atomic E-state index is -3.64. The highest BCUT2D eigenvalue weighted by molar-refractivity contribution is 7.91. The molecule has 0 aliphatic heterocycles. The van der Waals surface area contributed by atoms with Gasteiger partial charge in [0.25, 0.3) is 0 Å². The Balaban J connectivity index is 1.61. The van der Waals surface area contributed by atoms with Gasteiger partial charge in [-0.1, -0.05) is 55.0 Å². The van der Waals surface area contributed by atoms with Gasteiger partial charge >= 0.3 is 12.1 Å². The first-order valence-electron chi connectivity index (χ1n) is 11.0. The zero-order valence-corrected chi connectivity index (χ0v) is 19.6. The van der Waals surface area contributed by atoms with E-state index in [0.717, 1.165) is 5.56 Å². The number of amides is 2. The van der Waals surface area contributed by atoms with Crippen LogP contribution in [-0.2, 0) is 30.8 Å². The first-order chi connectivity index (χ1) is 16.3. The summed E-state index contributed by atoms with van der Waals surface area (Å²) in [6.45, 7) is 0.578. The molecule has 0 saturated carbocycles. The van der Waals surface area contributed by atoms with Crippen LogP contribution < -0.4 is 10.6 Å². The number of hydrogen-bond acceptors (Lipinski definition) is 6. The first kappa shape index (κ1) is 26.8. The van der Waals surface area contributed by atoms with Gasteiger partial charge in [-0.3, -0.25) is 4.79 Å². The smallest absolute Gasteiger partial charge is 0.407 e. The maximum atomic E-state index is 12.3. The van der Waals surface area contributed by atoms with Crippen LogP contribution >= 0.6 is 0 Å². The fourth-order valence-electron chi connectivity index (χ4n) is 3.09. The lowest BCUT2D eigenvalue weighted by Crippen LogP contribution is -2.41. The van der Waals surface area contributed by atoms with Gasteiger partial charge in [-0.2, -0.15) is 0 Å². The molecular formula is C24H30N2O7S. The molecule has 0 aliphatic rings. The summed E-state index contributed by atoms with van der Waals surface area (Å²) in [5, 5.41) is 14.4. The van der Waals surface area contributed by atoms with Crippen molar-refractivity contribution in [3.05, 3.63) is 66.2 Å². The van der Waals surface area contributed by atoms with Gasteiger partial charge in [-0.25, -0.2) is 18.0 Å². The van der Waals surface area contributed by atoms with Gasteiger partial charge in [0.15, 0.2) is 9.84 Å². The highest BCUT2D eigenvalue weighted by Gasteiger charge is 2.23. The summed E-state index contributed by atoms with van der Waals surface area (Å²) in [5.41, 5.74) is 0.890. The summed E-state index contributed by atoms with van der Waals surface area (Å²) in [5.74, 6) is -2.13. The molecule has 0 aromatic heterocycles. The van der Waals surface area contributed by atoms with E-state index < -0.39 is 33.8 Å². The molecule has 0 heterocycles. The van der Waals surface area contributed by atoms with Crippen LogP contribution in [0.2, 0.25) is 0 Å². The van der Waals surface area contributed by atoms with Crippen molar-refractivity contribution in [2.45, 2.75) is 49.6 Å². The third-order valence-electron chi connectivity index (χ3n) is 4.97. The molecule has 9 nitrogen and oxygen atoms in total. The fourth-order valence-corrected chi connectivity index (χ4v) is 4.45. The summed E-state index contributed by atoms with van der Waals surface area (Å²) in [4.78, 5) is 35.3. The second-order valence-corrected chi connectivity index (χ2v) is 9.79. The third kappa shape index (κ3) is 10.0. The lowest BCUT2D eigenvalue weighted by molar-refractivity contribution is -0.141. The zero-order chi connectivity index (χ0) is 24.8. The van der Waals surface area contributed by atoms with Gasteiger partial charge < -0.3 is 20.5 Å². The van der Waals surface area contributed by atoms with Crippen LogP contribution in [0, 0.1) is 0 Å². The Morgan fingerprint density at radius 3 is 2.21 bits per heavy atom. The number of aliphatic carboxylic acids is 1. The number of ether oxygens (including phenoxy) is 1. The number of carboxylic acid groups (broad SMARTS) is 1. The zero-order valence-electron chi connectivity index (χ0n) is 18.8. The molecule has 2 aromatic rings. The largest absolute Gasteiger partial charge is 0.480 e. The molecule has 0 radical (unpaired) electrons. The normalized spacial score (nSPS) is 11.9. The third-order valence-corrected chi connectivity index (χ3v) is 6.74. The molecular weight excluding hydrogens is 460 g/mol. The molecule has 0 saturated heterocycles. The number of hydrogen-bond donors (Lipinski definition) is 3. The monoisotopic (exact) mass is 490 g/mol.